The highest BCUT2D eigenvalue weighted by atomic mass is 35.5. The number of esters is 1. The van der Waals surface area contributed by atoms with Crippen LogP contribution in [0.4, 0.5) is 4.39 Å². The minimum absolute atomic E-state index is 0.00296. The molecule has 98 valence electrons. The van der Waals surface area contributed by atoms with Gasteiger partial charge in [-0.1, -0.05) is 11.6 Å². The molecule has 0 aliphatic heterocycles. The molecule has 4 nitrogen and oxygen atoms in total. The fourth-order valence-electron chi connectivity index (χ4n) is 1.33. The molecule has 1 atom stereocenters. The fraction of sp³-hybridized carbons (Fsp3) is 0.333. The van der Waals surface area contributed by atoms with Gasteiger partial charge in [0, 0.05) is 12.7 Å². The van der Waals surface area contributed by atoms with Crippen LogP contribution in [0.2, 0.25) is 5.02 Å². The standard InChI is InChI=1S/C12H12ClFO4/c1-3-18-12(16)11(17-2)10(15)7-4-5-8(13)9(14)6-7/h4-6,11H,3H2,1-2H3. The van der Waals surface area contributed by atoms with E-state index in [-0.39, 0.29) is 17.2 Å². The number of hydrogen-bond acceptors (Lipinski definition) is 4. The zero-order valence-electron chi connectivity index (χ0n) is 9.91. The molecule has 0 radical (unpaired) electrons. The number of hydrogen-bond donors (Lipinski definition) is 0. The summed E-state index contributed by atoms with van der Waals surface area (Å²) in [6.07, 6.45) is -1.40. The molecule has 1 aromatic rings. The second-order valence-electron chi connectivity index (χ2n) is 3.36. The van der Waals surface area contributed by atoms with Crippen molar-refractivity contribution < 1.29 is 23.5 Å². The van der Waals surface area contributed by atoms with Crippen molar-refractivity contribution in [2.75, 3.05) is 13.7 Å². The minimum atomic E-state index is -1.40. The van der Waals surface area contributed by atoms with E-state index in [0.29, 0.717) is 0 Å². The highest BCUT2D eigenvalue weighted by Crippen LogP contribution is 2.17. The van der Waals surface area contributed by atoms with E-state index in [9.17, 15) is 14.0 Å². The molecule has 6 heteroatoms. The Bertz CT molecular complexity index is 461. The Balaban J connectivity index is 2.96. The van der Waals surface area contributed by atoms with Crippen molar-refractivity contribution in [3.05, 3.63) is 34.6 Å². The lowest BCUT2D eigenvalue weighted by Gasteiger charge is -2.12. The van der Waals surface area contributed by atoms with E-state index < -0.39 is 23.7 Å². The van der Waals surface area contributed by atoms with Gasteiger partial charge in [-0.25, -0.2) is 9.18 Å². The molecule has 1 rings (SSSR count). The zero-order chi connectivity index (χ0) is 13.7. The Morgan fingerprint density at radius 2 is 2.11 bits per heavy atom. The Morgan fingerprint density at radius 1 is 1.44 bits per heavy atom. The van der Waals surface area contributed by atoms with Gasteiger partial charge < -0.3 is 9.47 Å². The average molecular weight is 275 g/mol. The Kier molecular flexibility index (Phi) is 5.25. The molecular weight excluding hydrogens is 263 g/mol. The van der Waals surface area contributed by atoms with Gasteiger partial charge in [0.25, 0.3) is 0 Å². The van der Waals surface area contributed by atoms with E-state index in [1.54, 1.807) is 6.92 Å². The van der Waals surface area contributed by atoms with Crippen LogP contribution in [0.25, 0.3) is 0 Å². The van der Waals surface area contributed by atoms with E-state index in [0.717, 1.165) is 6.07 Å². The van der Waals surface area contributed by atoms with Gasteiger partial charge in [0.1, 0.15) is 5.82 Å². The summed E-state index contributed by atoms with van der Waals surface area (Å²) in [6, 6.07) is 3.51. The third kappa shape index (κ3) is 3.27. The Morgan fingerprint density at radius 3 is 2.61 bits per heavy atom. The molecule has 0 fully saturated rings. The SMILES string of the molecule is CCOC(=O)C(OC)C(=O)c1ccc(Cl)c(F)c1. The molecule has 1 aromatic carbocycles. The maximum absolute atomic E-state index is 13.2. The molecule has 0 bridgehead atoms. The smallest absolute Gasteiger partial charge is 0.343 e. The lowest BCUT2D eigenvalue weighted by atomic mass is 10.1. The van der Waals surface area contributed by atoms with Crippen molar-refractivity contribution in [1.82, 2.24) is 0 Å². The highest BCUT2D eigenvalue weighted by Gasteiger charge is 2.29. The first kappa shape index (κ1) is 14.6. The molecule has 0 saturated carbocycles. The van der Waals surface area contributed by atoms with Crippen molar-refractivity contribution in [1.29, 1.82) is 0 Å². The molecule has 0 N–H and O–H groups in total. The van der Waals surface area contributed by atoms with Crippen molar-refractivity contribution in [3.8, 4) is 0 Å². The Labute approximate surface area is 109 Å². The van der Waals surface area contributed by atoms with Crippen molar-refractivity contribution in [3.63, 3.8) is 0 Å². The number of rotatable bonds is 5. The number of carbonyl (C=O) groups excluding carboxylic acids is 2. The summed E-state index contributed by atoms with van der Waals surface area (Å²) in [5.41, 5.74) is -0.00296. The van der Waals surface area contributed by atoms with Crippen molar-refractivity contribution in [2.24, 2.45) is 0 Å². The van der Waals surface area contributed by atoms with E-state index in [4.69, 9.17) is 16.3 Å². The topological polar surface area (TPSA) is 52.6 Å². The van der Waals surface area contributed by atoms with Crippen LogP contribution in [0.15, 0.2) is 18.2 Å². The molecule has 0 aliphatic carbocycles. The number of methoxy groups -OCH3 is 1. The molecule has 0 aliphatic rings. The first-order valence-corrected chi connectivity index (χ1v) is 5.57. The first-order valence-electron chi connectivity index (χ1n) is 5.20. The molecule has 1 unspecified atom stereocenters. The quantitative estimate of drug-likeness (QED) is 0.469. The number of ether oxygens (including phenoxy) is 2. The van der Waals surface area contributed by atoms with Gasteiger partial charge in [0.15, 0.2) is 0 Å². The summed E-state index contributed by atoms with van der Waals surface area (Å²) in [5, 5.41) is -0.100. The predicted octanol–water partition coefficient (Wildman–Crippen LogP) is 2.24. The third-order valence-electron chi connectivity index (χ3n) is 2.18. The van der Waals surface area contributed by atoms with E-state index in [1.165, 1.54) is 19.2 Å². The largest absolute Gasteiger partial charge is 0.464 e. The van der Waals surface area contributed by atoms with Crippen LogP contribution >= 0.6 is 11.6 Å². The van der Waals surface area contributed by atoms with Gasteiger partial charge in [-0.05, 0) is 25.1 Å². The van der Waals surface area contributed by atoms with E-state index >= 15 is 0 Å². The minimum Gasteiger partial charge on any atom is -0.464 e. The van der Waals surface area contributed by atoms with Gasteiger partial charge in [-0.15, -0.1) is 0 Å². The number of benzene rings is 1. The molecule has 18 heavy (non-hydrogen) atoms. The Hall–Kier alpha value is -1.46. The molecule has 0 heterocycles. The average Bonchev–Trinajstić information content (AvgIpc) is 2.33. The van der Waals surface area contributed by atoms with Crippen LogP contribution in [0.3, 0.4) is 0 Å². The fourth-order valence-corrected chi connectivity index (χ4v) is 1.45. The monoisotopic (exact) mass is 274 g/mol. The van der Waals surface area contributed by atoms with Crippen LogP contribution < -0.4 is 0 Å². The molecule has 0 amide bonds. The van der Waals surface area contributed by atoms with Gasteiger partial charge in [0.2, 0.25) is 11.9 Å². The maximum atomic E-state index is 13.2. The summed E-state index contributed by atoms with van der Waals surface area (Å²) < 4.78 is 22.7. The second kappa shape index (κ2) is 6.47. The van der Waals surface area contributed by atoms with Gasteiger partial charge in [-0.2, -0.15) is 0 Å². The molecule has 0 spiro atoms. The van der Waals surface area contributed by atoms with E-state index in [2.05, 4.69) is 4.74 Å². The van der Waals surface area contributed by atoms with Crippen LogP contribution in [-0.2, 0) is 14.3 Å². The number of Topliss-reactive ketones (excluding diaryl/α,β-unsaturated/α-hetero) is 1. The van der Waals surface area contributed by atoms with Crippen LogP contribution in [0.5, 0.6) is 0 Å². The molecular formula is C12H12ClFO4. The van der Waals surface area contributed by atoms with Gasteiger partial charge >= 0.3 is 5.97 Å². The predicted molar refractivity (Wildman–Crippen MR) is 63.2 cm³/mol. The van der Waals surface area contributed by atoms with Crippen LogP contribution in [0, 0.1) is 5.82 Å². The summed E-state index contributed by atoms with van der Waals surface area (Å²) in [5.74, 6) is -2.21. The maximum Gasteiger partial charge on any atom is 0.343 e. The summed E-state index contributed by atoms with van der Waals surface area (Å²) in [4.78, 5) is 23.4. The number of carbonyl (C=O) groups is 2. The molecule has 0 aromatic heterocycles. The van der Waals surface area contributed by atoms with Crippen LogP contribution in [-0.4, -0.2) is 31.6 Å². The summed E-state index contributed by atoms with van der Waals surface area (Å²) in [7, 11) is 1.20. The summed E-state index contributed by atoms with van der Waals surface area (Å²) in [6.45, 7) is 1.73. The highest BCUT2D eigenvalue weighted by molar-refractivity contribution is 6.30. The first-order chi connectivity index (χ1) is 8.51. The van der Waals surface area contributed by atoms with Crippen LogP contribution in [0.1, 0.15) is 17.3 Å². The van der Waals surface area contributed by atoms with Crippen molar-refractivity contribution >= 4 is 23.4 Å². The van der Waals surface area contributed by atoms with Crippen molar-refractivity contribution in [2.45, 2.75) is 13.0 Å². The zero-order valence-corrected chi connectivity index (χ0v) is 10.7. The van der Waals surface area contributed by atoms with E-state index in [1.807, 2.05) is 0 Å². The third-order valence-corrected chi connectivity index (χ3v) is 2.49. The van der Waals surface area contributed by atoms with Gasteiger partial charge in [-0.3, -0.25) is 4.79 Å². The lowest BCUT2D eigenvalue weighted by molar-refractivity contribution is -0.151. The normalized spacial score (nSPS) is 12.0. The summed E-state index contributed by atoms with van der Waals surface area (Å²) >= 11 is 5.50. The number of ketones is 1. The lowest BCUT2D eigenvalue weighted by Crippen LogP contribution is -2.33. The van der Waals surface area contributed by atoms with Gasteiger partial charge in [0.05, 0.1) is 11.6 Å². The number of halogens is 2. The molecule has 0 saturated heterocycles. The second-order valence-corrected chi connectivity index (χ2v) is 3.77.